The average molecular weight is 322 g/mol. The third kappa shape index (κ3) is 2.50. The highest BCUT2D eigenvalue weighted by atomic mass is 35.5. The summed E-state index contributed by atoms with van der Waals surface area (Å²) in [6, 6.07) is 5.69. The molecular weight excluding hydrogens is 302 g/mol. The fourth-order valence-electron chi connectivity index (χ4n) is 3.66. The molecule has 1 aromatic rings. The molecule has 1 saturated heterocycles. The minimum absolute atomic E-state index is 0.00728. The van der Waals surface area contributed by atoms with E-state index >= 15 is 0 Å². The van der Waals surface area contributed by atoms with Gasteiger partial charge in [0.2, 0.25) is 5.91 Å². The van der Waals surface area contributed by atoms with Crippen LogP contribution in [0.1, 0.15) is 37.3 Å². The number of aliphatic carboxylic acids is 1. The van der Waals surface area contributed by atoms with Crippen LogP contribution < -0.4 is 0 Å². The number of rotatable bonds is 3. The van der Waals surface area contributed by atoms with Gasteiger partial charge >= 0.3 is 5.97 Å². The van der Waals surface area contributed by atoms with Gasteiger partial charge in [-0.2, -0.15) is 0 Å². The number of carboxylic acid groups (broad SMARTS) is 1. The van der Waals surface area contributed by atoms with Gasteiger partial charge in [0.05, 0.1) is 12.3 Å². The van der Waals surface area contributed by atoms with Crippen molar-refractivity contribution < 1.29 is 14.7 Å². The monoisotopic (exact) mass is 321 g/mol. The first-order chi connectivity index (χ1) is 10.3. The fraction of sp³-hybridized carbons (Fsp3) is 0.529. The smallest absolute Gasteiger partial charge is 0.303 e. The van der Waals surface area contributed by atoms with Crippen molar-refractivity contribution in [1.82, 2.24) is 4.90 Å². The van der Waals surface area contributed by atoms with Crippen LogP contribution in [0, 0.1) is 11.3 Å². The van der Waals surface area contributed by atoms with Crippen LogP contribution in [0.3, 0.4) is 0 Å². The Morgan fingerprint density at radius 2 is 2.14 bits per heavy atom. The zero-order chi connectivity index (χ0) is 16.1. The Morgan fingerprint density at radius 3 is 2.82 bits per heavy atom. The predicted octanol–water partition coefficient (Wildman–Crippen LogP) is 2.94. The lowest BCUT2D eigenvalue weighted by Crippen LogP contribution is -2.38. The molecule has 0 saturated carbocycles. The molecule has 1 aliphatic carbocycles. The number of fused-ring (bicyclic) bond motifs is 1. The molecule has 0 aromatic heterocycles. The molecular formula is C17H20ClNO3. The van der Waals surface area contributed by atoms with Crippen molar-refractivity contribution in [3.63, 3.8) is 0 Å². The van der Waals surface area contributed by atoms with Crippen LogP contribution in [-0.2, 0) is 16.0 Å². The molecule has 3 rings (SSSR count). The molecule has 1 aromatic carbocycles. The molecule has 1 aliphatic heterocycles. The van der Waals surface area contributed by atoms with Crippen LogP contribution in [-0.4, -0.2) is 35.0 Å². The molecule has 4 nitrogen and oxygen atoms in total. The number of carboxylic acids is 1. The van der Waals surface area contributed by atoms with E-state index in [1.807, 2.05) is 36.9 Å². The third-order valence-electron chi connectivity index (χ3n) is 5.11. The summed E-state index contributed by atoms with van der Waals surface area (Å²) in [4.78, 5) is 25.6. The number of halogens is 1. The van der Waals surface area contributed by atoms with Gasteiger partial charge in [-0.1, -0.05) is 37.6 Å². The van der Waals surface area contributed by atoms with Crippen LogP contribution in [0.2, 0.25) is 5.02 Å². The van der Waals surface area contributed by atoms with E-state index < -0.39 is 5.97 Å². The molecule has 1 heterocycles. The first kappa shape index (κ1) is 15.3. The number of carbonyl (C=O) groups excluding carboxylic acids is 1. The Bertz CT molecular complexity index is 641. The molecule has 5 heteroatoms. The molecule has 2 aliphatic rings. The summed E-state index contributed by atoms with van der Waals surface area (Å²) in [5.41, 5.74) is 1.94. The fourth-order valence-corrected chi connectivity index (χ4v) is 3.92. The van der Waals surface area contributed by atoms with E-state index in [0.717, 1.165) is 16.1 Å². The van der Waals surface area contributed by atoms with E-state index in [1.165, 1.54) is 0 Å². The average Bonchev–Trinajstić information content (AvgIpc) is 2.67. The predicted molar refractivity (Wildman–Crippen MR) is 84.0 cm³/mol. The van der Waals surface area contributed by atoms with Crippen molar-refractivity contribution in [3.05, 3.63) is 34.3 Å². The van der Waals surface area contributed by atoms with E-state index in [0.29, 0.717) is 19.5 Å². The standard InChI is InChI=1S/C17H20ClNO3/c1-17(2)9-19(8-10(17)6-15(20)21)16(22)13-7-12-11(13)4-3-5-14(12)18/h3-5,10,13H,6-9H2,1-2H3,(H,20,21). The van der Waals surface area contributed by atoms with Crippen LogP contribution in [0.5, 0.6) is 0 Å². The Balaban J connectivity index is 1.74. The highest BCUT2D eigenvalue weighted by molar-refractivity contribution is 6.31. The minimum atomic E-state index is -0.798. The summed E-state index contributed by atoms with van der Waals surface area (Å²) in [7, 11) is 0. The first-order valence-corrected chi connectivity index (χ1v) is 7.95. The van der Waals surface area contributed by atoms with Gasteiger partial charge in [-0.3, -0.25) is 9.59 Å². The summed E-state index contributed by atoms with van der Waals surface area (Å²) < 4.78 is 0. The van der Waals surface area contributed by atoms with Gasteiger partial charge in [-0.05, 0) is 34.9 Å². The summed E-state index contributed by atoms with van der Waals surface area (Å²) in [5.74, 6) is -0.801. The maximum absolute atomic E-state index is 12.8. The summed E-state index contributed by atoms with van der Waals surface area (Å²) in [6.07, 6.45) is 0.804. The Kier molecular flexibility index (Phi) is 3.68. The Labute approximate surface area is 135 Å². The highest BCUT2D eigenvalue weighted by Crippen LogP contribution is 2.43. The second kappa shape index (κ2) is 5.27. The van der Waals surface area contributed by atoms with Gasteiger partial charge in [0.15, 0.2) is 0 Å². The van der Waals surface area contributed by atoms with Crippen LogP contribution in [0.4, 0.5) is 0 Å². The topological polar surface area (TPSA) is 57.6 Å². The molecule has 2 atom stereocenters. The lowest BCUT2D eigenvalue weighted by Gasteiger charge is -2.33. The number of hydrogen-bond donors (Lipinski definition) is 1. The van der Waals surface area contributed by atoms with E-state index in [2.05, 4.69) is 0 Å². The first-order valence-electron chi connectivity index (χ1n) is 7.57. The van der Waals surface area contributed by atoms with E-state index in [4.69, 9.17) is 16.7 Å². The molecule has 1 amide bonds. The van der Waals surface area contributed by atoms with Crippen molar-refractivity contribution in [2.75, 3.05) is 13.1 Å². The van der Waals surface area contributed by atoms with E-state index in [9.17, 15) is 9.59 Å². The van der Waals surface area contributed by atoms with Crippen LogP contribution in [0.25, 0.3) is 0 Å². The van der Waals surface area contributed by atoms with Crippen molar-refractivity contribution in [3.8, 4) is 0 Å². The number of carbonyl (C=O) groups is 2. The number of benzene rings is 1. The molecule has 1 N–H and O–H groups in total. The largest absolute Gasteiger partial charge is 0.481 e. The minimum Gasteiger partial charge on any atom is -0.481 e. The van der Waals surface area contributed by atoms with E-state index in [1.54, 1.807) is 0 Å². The lowest BCUT2D eigenvalue weighted by molar-refractivity contribution is -0.139. The Hall–Kier alpha value is -1.55. The van der Waals surface area contributed by atoms with Gasteiger partial charge in [-0.25, -0.2) is 0 Å². The zero-order valence-electron chi connectivity index (χ0n) is 12.8. The van der Waals surface area contributed by atoms with E-state index in [-0.39, 0.29) is 29.6 Å². The second-order valence-electron chi connectivity index (χ2n) is 7.07. The maximum Gasteiger partial charge on any atom is 0.303 e. The van der Waals surface area contributed by atoms with Gasteiger partial charge in [0.1, 0.15) is 0 Å². The third-order valence-corrected chi connectivity index (χ3v) is 5.47. The van der Waals surface area contributed by atoms with Crippen molar-refractivity contribution in [2.24, 2.45) is 11.3 Å². The lowest BCUT2D eigenvalue weighted by atomic mass is 9.76. The zero-order valence-corrected chi connectivity index (χ0v) is 13.6. The van der Waals surface area contributed by atoms with Gasteiger partial charge in [-0.15, -0.1) is 0 Å². The van der Waals surface area contributed by atoms with Gasteiger partial charge < -0.3 is 10.0 Å². The van der Waals surface area contributed by atoms with Gasteiger partial charge in [0, 0.05) is 18.1 Å². The number of amides is 1. The molecule has 0 bridgehead atoms. The Morgan fingerprint density at radius 1 is 1.41 bits per heavy atom. The van der Waals surface area contributed by atoms with Crippen LogP contribution in [0.15, 0.2) is 18.2 Å². The highest BCUT2D eigenvalue weighted by Gasteiger charge is 2.45. The molecule has 0 radical (unpaired) electrons. The summed E-state index contributed by atoms with van der Waals surface area (Å²) >= 11 is 6.13. The van der Waals surface area contributed by atoms with Crippen LogP contribution >= 0.6 is 11.6 Å². The normalized spacial score (nSPS) is 25.5. The molecule has 0 spiro atoms. The SMILES string of the molecule is CC1(C)CN(C(=O)C2Cc3c(Cl)cccc32)CC1CC(=O)O. The van der Waals surface area contributed by atoms with Crippen molar-refractivity contribution in [2.45, 2.75) is 32.6 Å². The summed E-state index contributed by atoms with van der Waals surface area (Å²) in [6.45, 7) is 5.24. The maximum atomic E-state index is 12.8. The molecule has 2 unspecified atom stereocenters. The molecule has 1 fully saturated rings. The summed E-state index contributed by atoms with van der Waals surface area (Å²) in [5, 5.41) is 9.77. The number of nitrogens with zero attached hydrogens (tertiary/aromatic N) is 1. The molecule has 118 valence electrons. The second-order valence-corrected chi connectivity index (χ2v) is 7.47. The van der Waals surface area contributed by atoms with Crippen molar-refractivity contribution >= 4 is 23.5 Å². The number of likely N-dealkylation sites (tertiary alicyclic amines) is 1. The van der Waals surface area contributed by atoms with Gasteiger partial charge in [0.25, 0.3) is 0 Å². The van der Waals surface area contributed by atoms with Crippen molar-refractivity contribution in [1.29, 1.82) is 0 Å². The number of hydrogen-bond acceptors (Lipinski definition) is 2. The quantitative estimate of drug-likeness (QED) is 0.931. The molecule has 22 heavy (non-hydrogen) atoms.